The summed E-state index contributed by atoms with van der Waals surface area (Å²) in [6.45, 7) is 14.2. The Kier molecular flexibility index (Phi) is 32.7. The van der Waals surface area contributed by atoms with Crippen molar-refractivity contribution in [2.75, 3.05) is 62.7 Å². The van der Waals surface area contributed by atoms with Crippen molar-refractivity contribution in [2.24, 2.45) is 5.41 Å². The van der Waals surface area contributed by atoms with Crippen LogP contribution in [0.1, 0.15) is 97.8 Å². The summed E-state index contributed by atoms with van der Waals surface area (Å²) >= 11 is 2.53. The minimum Gasteiger partial charge on any atom is -0.479 e. The highest BCUT2D eigenvalue weighted by atomic mass is 32.2. The van der Waals surface area contributed by atoms with Gasteiger partial charge in [0.25, 0.3) is 0 Å². The standard InChI is InChI=1S/C53H74F10N4O15S2/c1-9-39(68)78-34-47(6,35-79-40(69)10-2)32-43(72)77-26-20-18-16-14-13-15-17-19-21-28-83-29-22-24-65-44(73)66(25-23-30-84-31-27-76-38(5)64-48(7,36-80-41(70)11-3)37-81-42(71)12-4)46(75)67(45(65)74)33-50(56,57)52(60,61)82-53(62,63)51(58,59)49(8,54)55/h9-12,64H,1-5,13-37H2,6-8H3. The van der Waals surface area contributed by atoms with E-state index in [-0.39, 0.29) is 91.2 Å². The zero-order valence-corrected chi connectivity index (χ0v) is 48.7. The van der Waals surface area contributed by atoms with Gasteiger partial charge >= 0.3 is 76.9 Å². The lowest BCUT2D eigenvalue weighted by Crippen LogP contribution is -2.61. The van der Waals surface area contributed by atoms with E-state index in [2.05, 4.69) is 42.9 Å². The molecule has 0 atom stereocenters. The van der Waals surface area contributed by atoms with Crippen molar-refractivity contribution in [3.63, 3.8) is 0 Å². The molecule has 0 radical (unpaired) electrons. The highest BCUT2D eigenvalue weighted by Crippen LogP contribution is 2.50. The predicted octanol–water partition coefficient (Wildman–Crippen LogP) is 8.75. The summed E-state index contributed by atoms with van der Waals surface area (Å²) < 4.78 is 175. The molecule has 0 saturated heterocycles. The molecule has 0 unspecified atom stereocenters. The lowest BCUT2D eigenvalue weighted by molar-refractivity contribution is -0.485. The van der Waals surface area contributed by atoms with Gasteiger partial charge < -0.3 is 33.7 Å². The third-order valence-electron chi connectivity index (χ3n) is 11.8. The molecule has 0 fully saturated rings. The van der Waals surface area contributed by atoms with E-state index in [0.29, 0.717) is 12.2 Å². The van der Waals surface area contributed by atoms with E-state index in [4.69, 9.17) is 28.4 Å². The van der Waals surface area contributed by atoms with Gasteiger partial charge in [0.05, 0.1) is 19.6 Å². The lowest BCUT2D eigenvalue weighted by atomic mass is 9.88. The molecule has 0 saturated carbocycles. The maximum Gasteiger partial charge on any atom is 0.430 e. The molecule has 0 spiro atoms. The van der Waals surface area contributed by atoms with Gasteiger partial charge in [-0.05, 0) is 56.4 Å². The van der Waals surface area contributed by atoms with E-state index in [9.17, 15) is 73.5 Å². The van der Waals surface area contributed by atoms with Crippen molar-refractivity contribution in [3.05, 3.63) is 94.5 Å². The van der Waals surface area contributed by atoms with Crippen LogP contribution >= 0.6 is 23.5 Å². The SMILES string of the molecule is C=CC(=O)OCC(C)(COC(=O)C=C)CC(=O)OCCCCCCCCCCCSCCCn1c(=O)n(CCCSCCOC(=C)NC(C)(COC(=O)C=C)COC(=O)C=C)c(=O)n(CC(F)(F)C(F)(F)OC(F)(F)C(F)(F)C(C)(F)F)c1=O. The Labute approximate surface area is 487 Å². The summed E-state index contributed by atoms with van der Waals surface area (Å²) in [7, 11) is 0. The Bertz CT molecular complexity index is 2510. The van der Waals surface area contributed by atoms with Crippen molar-refractivity contribution in [1.82, 2.24) is 19.0 Å². The summed E-state index contributed by atoms with van der Waals surface area (Å²) in [5.74, 6) is -21.1. The quantitative estimate of drug-likeness (QED) is 0.0161. The van der Waals surface area contributed by atoms with Gasteiger partial charge in [-0.1, -0.05) is 78.2 Å². The number of nitrogens with one attached hydrogen (secondary N) is 1. The van der Waals surface area contributed by atoms with Crippen LogP contribution in [0.25, 0.3) is 0 Å². The Morgan fingerprint density at radius 2 is 0.893 bits per heavy atom. The molecule has 31 heteroatoms. The summed E-state index contributed by atoms with van der Waals surface area (Å²) in [5.41, 5.74) is -7.48. The molecule has 0 aromatic carbocycles. The first kappa shape index (κ1) is 76.0. The van der Waals surface area contributed by atoms with Gasteiger partial charge in [-0.3, -0.25) is 4.79 Å². The molecule has 1 rings (SSSR count). The van der Waals surface area contributed by atoms with E-state index in [0.717, 1.165) is 87.4 Å². The van der Waals surface area contributed by atoms with Crippen molar-refractivity contribution < 1.29 is 101 Å². The smallest absolute Gasteiger partial charge is 0.430 e. The van der Waals surface area contributed by atoms with E-state index in [1.807, 2.05) is 0 Å². The molecule has 0 aliphatic carbocycles. The summed E-state index contributed by atoms with van der Waals surface area (Å²) in [5, 5.41) is 2.82. The molecule has 1 heterocycles. The van der Waals surface area contributed by atoms with Gasteiger partial charge in [-0.15, -0.1) is 0 Å². The summed E-state index contributed by atoms with van der Waals surface area (Å²) in [4.78, 5) is 99.3. The highest BCUT2D eigenvalue weighted by Gasteiger charge is 2.75. The van der Waals surface area contributed by atoms with Crippen LogP contribution in [-0.4, -0.2) is 142 Å². The first-order valence-electron chi connectivity index (χ1n) is 26.2. The van der Waals surface area contributed by atoms with Gasteiger partial charge in [0.2, 0.25) is 0 Å². The number of halogens is 10. The number of thioether (sulfide) groups is 2. The Morgan fingerprint density at radius 1 is 0.500 bits per heavy atom. The molecular weight excluding hydrogens is 1190 g/mol. The van der Waals surface area contributed by atoms with E-state index in [1.54, 1.807) is 6.92 Å². The number of rotatable bonds is 47. The first-order chi connectivity index (χ1) is 39.1. The number of esters is 5. The van der Waals surface area contributed by atoms with Gasteiger partial charge in [-0.2, -0.15) is 67.4 Å². The largest absolute Gasteiger partial charge is 0.479 e. The summed E-state index contributed by atoms with van der Waals surface area (Å²) in [6, 6.07) is 0. The number of carbonyl (C=O) groups excluding carboxylic acids is 5. The maximum atomic E-state index is 15.2. The van der Waals surface area contributed by atoms with Gasteiger partial charge in [-0.25, -0.2) is 52.0 Å². The van der Waals surface area contributed by atoms with E-state index < -0.39 is 119 Å². The number of hydrogen-bond donors (Lipinski definition) is 1. The Balaban J connectivity index is 2.90. The molecule has 0 bridgehead atoms. The second kappa shape index (κ2) is 36.1. The van der Waals surface area contributed by atoms with Crippen LogP contribution < -0.4 is 22.4 Å². The Hall–Kier alpha value is -5.98. The van der Waals surface area contributed by atoms with Crippen LogP contribution in [0.5, 0.6) is 0 Å². The summed E-state index contributed by atoms with van der Waals surface area (Å²) in [6.07, 6.45) is -2.68. The van der Waals surface area contributed by atoms with E-state index >= 15 is 8.78 Å². The maximum absolute atomic E-state index is 15.2. The number of unbranched alkanes of at least 4 members (excludes halogenated alkanes) is 8. The average molecular weight is 1260 g/mol. The van der Waals surface area contributed by atoms with Crippen molar-refractivity contribution >= 4 is 53.4 Å². The fraction of sp³-hybridized carbons (Fsp3) is 0.660. The normalized spacial score (nSPS) is 12.4. The van der Waals surface area contributed by atoms with Crippen LogP contribution in [0.2, 0.25) is 0 Å². The molecule has 1 aromatic rings. The topological polar surface area (TPSA) is 228 Å². The molecule has 478 valence electrons. The third kappa shape index (κ3) is 26.5. The van der Waals surface area contributed by atoms with Crippen molar-refractivity contribution in [3.8, 4) is 0 Å². The second-order valence-electron chi connectivity index (χ2n) is 19.6. The molecule has 1 N–H and O–H groups in total. The van der Waals surface area contributed by atoms with Crippen LogP contribution in [0.15, 0.2) is 77.5 Å². The van der Waals surface area contributed by atoms with Crippen LogP contribution in [0.4, 0.5) is 43.9 Å². The monoisotopic (exact) mass is 1260 g/mol. The minimum atomic E-state index is -6.92. The van der Waals surface area contributed by atoms with Gasteiger partial charge in [0.15, 0.2) is 5.88 Å². The predicted molar refractivity (Wildman–Crippen MR) is 291 cm³/mol. The van der Waals surface area contributed by atoms with Crippen LogP contribution in [0.3, 0.4) is 0 Å². The zero-order valence-electron chi connectivity index (χ0n) is 47.1. The number of nitrogens with zero attached hydrogens (tertiary/aromatic N) is 3. The van der Waals surface area contributed by atoms with Crippen molar-refractivity contribution in [2.45, 2.75) is 153 Å². The molecule has 19 nitrogen and oxygen atoms in total. The zero-order chi connectivity index (χ0) is 64.0. The van der Waals surface area contributed by atoms with Gasteiger partial charge in [0.1, 0.15) is 38.5 Å². The number of aromatic nitrogens is 3. The Morgan fingerprint density at radius 3 is 1.33 bits per heavy atom. The fourth-order valence-electron chi connectivity index (χ4n) is 7.07. The molecular formula is C53H74F10N4O15S2. The van der Waals surface area contributed by atoms with Gasteiger partial charge in [0, 0.05) is 55.5 Å². The molecule has 84 heavy (non-hydrogen) atoms. The number of carbonyl (C=O) groups is 5. The molecule has 0 aliphatic rings. The lowest BCUT2D eigenvalue weighted by Gasteiger charge is -2.34. The molecule has 1 aromatic heterocycles. The molecule has 0 amide bonds. The fourth-order valence-corrected chi connectivity index (χ4v) is 8.75. The average Bonchev–Trinajstić information content (AvgIpc) is 1.38. The number of alkyl halides is 10. The van der Waals surface area contributed by atoms with Crippen molar-refractivity contribution in [1.29, 1.82) is 0 Å². The molecule has 0 aliphatic heterocycles. The van der Waals surface area contributed by atoms with Crippen LogP contribution in [-0.2, 0) is 76.8 Å². The second-order valence-corrected chi connectivity index (χ2v) is 22.0. The van der Waals surface area contributed by atoms with Crippen LogP contribution in [0, 0.1) is 5.41 Å². The minimum absolute atomic E-state index is 0.0195. The number of ether oxygens (including phenoxy) is 7. The highest BCUT2D eigenvalue weighted by molar-refractivity contribution is 7.99. The third-order valence-corrected chi connectivity index (χ3v) is 13.9. The number of hydrogen-bond acceptors (Lipinski definition) is 18. The van der Waals surface area contributed by atoms with E-state index in [1.165, 1.54) is 18.7 Å². The first-order valence-corrected chi connectivity index (χ1v) is 28.5.